The molecule has 6 heteroatoms. The normalized spacial score (nSPS) is 17.2. The van der Waals surface area contributed by atoms with Gasteiger partial charge < -0.3 is 9.64 Å². The summed E-state index contributed by atoms with van der Waals surface area (Å²) in [5, 5.41) is 8.35. The van der Waals surface area contributed by atoms with Gasteiger partial charge in [0.25, 0.3) is 0 Å². The average molecular weight is 328 g/mol. The van der Waals surface area contributed by atoms with Gasteiger partial charge >= 0.3 is 0 Å². The van der Waals surface area contributed by atoms with E-state index in [9.17, 15) is 4.79 Å². The van der Waals surface area contributed by atoms with E-state index in [1.54, 1.807) is 0 Å². The lowest BCUT2D eigenvalue weighted by atomic mass is 9.98. The van der Waals surface area contributed by atoms with Crippen molar-refractivity contribution in [1.82, 2.24) is 19.9 Å². The maximum atomic E-state index is 12.4. The minimum absolute atomic E-state index is 0.0193. The highest BCUT2D eigenvalue weighted by Gasteiger charge is 2.33. The molecule has 0 fully saturated rings. The molecule has 128 valence electrons. The van der Waals surface area contributed by atoms with Crippen LogP contribution in [0.15, 0.2) is 30.3 Å². The van der Waals surface area contributed by atoms with E-state index < -0.39 is 0 Å². The second kappa shape index (κ2) is 7.13. The van der Waals surface area contributed by atoms with Gasteiger partial charge in [0.2, 0.25) is 5.91 Å². The number of carbonyl (C=O) groups is 1. The molecule has 0 saturated carbocycles. The standard InChI is InChI=1S/C18H24N4O2/c1-13(2)18(23)22-9-15(17-16(10-22)19-20-21(17)3)12-24-11-14-7-5-4-6-8-14/h4-8,13,15H,9-12H2,1-3H3/t15-/m0/s1. The van der Waals surface area contributed by atoms with Crippen LogP contribution in [0.25, 0.3) is 0 Å². The van der Waals surface area contributed by atoms with Crippen molar-refractivity contribution in [3.8, 4) is 0 Å². The summed E-state index contributed by atoms with van der Waals surface area (Å²) in [4.78, 5) is 14.3. The van der Waals surface area contributed by atoms with Gasteiger partial charge in [0.15, 0.2) is 0 Å². The van der Waals surface area contributed by atoms with Crippen molar-refractivity contribution in [2.75, 3.05) is 13.2 Å². The fourth-order valence-electron chi connectivity index (χ4n) is 3.18. The predicted molar refractivity (Wildman–Crippen MR) is 90.1 cm³/mol. The first-order valence-electron chi connectivity index (χ1n) is 8.35. The predicted octanol–water partition coefficient (Wildman–Crippen LogP) is 2.11. The Balaban J connectivity index is 1.70. The van der Waals surface area contributed by atoms with Crippen molar-refractivity contribution in [2.45, 2.75) is 32.9 Å². The van der Waals surface area contributed by atoms with Crippen LogP contribution in [0.3, 0.4) is 0 Å². The molecule has 1 aromatic carbocycles. The van der Waals surface area contributed by atoms with Gasteiger partial charge in [-0.1, -0.05) is 49.4 Å². The Labute approximate surface area is 142 Å². The van der Waals surface area contributed by atoms with Crippen LogP contribution in [0, 0.1) is 5.92 Å². The van der Waals surface area contributed by atoms with E-state index in [-0.39, 0.29) is 17.7 Å². The second-order valence-corrected chi connectivity index (χ2v) is 6.62. The Morgan fingerprint density at radius 1 is 1.33 bits per heavy atom. The van der Waals surface area contributed by atoms with Crippen LogP contribution in [-0.2, 0) is 29.7 Å². The molecule has 0 radical (unpaired) electrons. The highest BCUT2D eigenvalue weighted by Crippen LogP contribution is 2.28. The number of ether oxygens (including phenoxy) is 1. The number of benzene rings is 1. The zero-order valence-electron chi connectivity index (χ0n) is 14.5. The summed E-state index contributed by atoms with van der Waals surface area (Å²) >= 11 is 0. The fourth-order valence-corrected chi connectivity index (χ4v) is 3.18. The Morgan fingerprint density at radius 3 is 2.79 bits per heavy atom. The summed E-state index contributed by atoms with van der Waals surface area (Å²) in [6.07, 6.45) is 0. The van der Waals surface area contributed by atoms with Crippen LogP contribution in [0.4, 0.5) is 0 Å². The van der Waals surface area contributed by atoms with E-state index in [1.165, 1.54) is 0 Å². The molecule has 0 unspecified atom stereocenters. The highest BCUT2D eigenvalue weighted by atomic mass is 16.5. The zero-order chi connectivity index (χ0) is 17.1. The molecular weight excluding hydrogens is 304 g/mol. The molecule has 1 aromatic heterocycles. The van der Waals surface area contributed by atoms with Gasteiger partial charge in [-0.3, -0.25) is 9.48 Å². The van der Waals surface area contributed by atoms with E-state index in [0.29, 0.717) is 26.3 Å². The molecule has 1 aliphatic rings. The summed E-state index contributed by atoms with van der Waals surface area (Å²) < 4.78 is 7.73. The van der Waals surface area contributed by atoms with E-state index >= 15 is 0 Å². The monoisotopic (exact) mass is 328 g/mol. The topological polar surface area (TPSA) is 60.2 Å². The molecule has 0 bridgehead atoms. The molecule has 0 N–H and O–H groups in total. The van der Waals surface area contributed by atoms with Gasteiger partial charge in [0.05, 0.1) is 25.5 Å². The Morgan fingerprint density at radius 2 is 2.08 bits per heavy atom. The third-order valence-electron chi connectivity index (χ3n) is 4.35. The Kier molecular flexibility index (Phi) is 4.94. The highest BCUT2D eigenvalue weighted by molar-refractivity contribution is 5.78. The first-order valence-corrected chi connectivity index (χ1v) is 8.35. The zero-order valence-corrected chi connectivity index (χ0v) is 14.5. The van der Waals surface area contributed by atoms with Crippen molar-refractivity contribution < 1.29 is 9.53 Å². The number of hydrogen-bond acceptors (Lipinski definition) is 4. The molecule has 0 spiro atoms. The minimum atomic E-state index is -0.0193. The molecule has 2 aromatic rings. The second-order valence-electron chi connectivity index (χ2n) is 6.62. The van der Waals surface area contributed by atoms with Crippen LogP contribution in [-0.4, -0.2) is 39.0 Å². The number of aryl methyl sites for hydroxylation is 1. The summed E-state index contributed by atoms with van der Waals surface area (Å²) in [6.45, 7) is 6.15. The number of carbonyl (C=O) groups excluding carboxylic acids is 1. The summed E-state index contributed by atoms with van der Waals surface area (Å²) in [6, 6.07) is 10.1. The molecule has 2 heterocycles. The van der Waals surface area contributed by atoms with Crippen LogP contribution >= 0.6 is 0 Å². The lowest BCUT2D eigenvalue weighted by Crippen LogP contribution is -2.42. The van der Waals surface area contributed by atoms with E-state index in [2.05, 4.69) is 10.3 Å². The number of fused-ring (bicyclic) bond motifs is 1. The number of amides is 1. The Hall–Kier alpha value is -2.21. The Bertz CT molecular complexity index is 696. The molecule has 1 aliphatic heterocycles. The van der Waals surface area contributed by atoms with Gasteiger partial charge in [-0.2, -0.15) is 0 Å². The maximum absolute atomic E-state index is 12.4. The minimum Gasteiger partial charge on any atom is -0.376 e. The van der Waals surface area contributed by atoms with E-state index in [4.69, 9.17) is 4.74 Å². The smallest absolute Gasteiger partial charge is 0.225 e. The van der Waals surface area contributed by atoms with Crippen molar-refractivity contribution in [3.63, 3.8) is 0 Å². The maximum Gasteiger partial charge on any atom is 0.225 e. The third kappa shape index (κ3) is 3.48. The summed E-state index contributed by atoms with van der Waals surface area (Å²) in [5.74, 6) is 0.230. The molecule has 24 heavy (non-hydrogen) atoms. The van der Waals surface area contributed by atoms with Crippen molar-refractivity contribution in [3.05, 3.63) is 47.3 Å². The fraction of sp³-hybridized carbons (Fsp3) is 0.500. The van der Waals surface area contributed by atoms with Crippen LogP contribution in [0.2, 0.25) is 0 Å². The van der Waals surface area contributed by atoms with Crippen molar-refractivity contribution >= 4 is 5.91 Å². The molecule has 3 rings (SSSR count). The van der Waals surface area contributed by atoms with Crippen LogP contribution < -0.4 is 0 Å². The molecule has 0 saturated heterocycles. The number of hydrogen-bond donors (Lipinski definition) is 0. The lowest BCUT2D eigenvalue weighted by Gasteiger charge is -2.33. The largest absolute Gasteiger partial charge is 0.376 e. The quantitative estimate of drug-likeness (QED) is 0.843. The first kappa shape index (κ1) is 16.6. The number of rotatable bonds is 5. The van der Waals surface area contributed by atoms with Gasteiger partial charge in [0, 0.05) is 25.4 Å². The number of aromatic nitrogens is 3. The van der Waals surface area contributed by atoms with Gasteiger partial charge in [0.1, 0.15) is 5.69 Å². The lowest BCUT2D eigenvalue weighted by molar-refractivity contribution is -0.136. The van der Waals surface area contributed by atoms with E-state index in [0.717, 1.165) is 17.0 Å². The van der Waals surface area contributed by atoms with E-state index in [1.807, 2.05) is 60.8 Å². The van der Waals surface area contributed by atoms with Gasteiger partial charge in [-0.05, 0) is 5.56 Å². The molecule has 1 atom stereocenters. The first-order chi connectivity index (χ1) is 11.6. The molecule has 0 aliphatic carbocycles. The molecular formula is C18H24N4O2. The SMILES string of the molecule is CC(C)C(=O)N1Cc2nnn(C)c2[C@H](COCc2ccccc2)C1. The van der Waals surface area contributed by atoms with Gasteiger partial charge in [-0.15, -0.1) is 5.10 Å². The average Bonchev–Trinajstić information content (AvgIpc) is 2.96. The molecule has 1 amide bonds. The number of nitrogens with zero attached hydrogens (tertiary/aromatic N) is 4. The summed E-state index contributed by atoms with van der Waals surface area (Å²) in [5.41, 5.74) is 3.11. The van der Waals surface area contributed by atoms with Crippen molar-refractivity contribution in [2.24, 2.45) is 13.0 Å². The molecule has 6 nitrogen and oxygen atoms in total. The van der Waals surface area contributed by atoms with Crippen molar-refractivity contribution in [1.29, 1.82) is 0 Å². The van der Waals surface area contributed by atoms with Gasteiger partial charge in [-0.25, -0.2) is 0 Å². The van der Waals surface area contributed by atoms with Crippen LogP contribution in [0.1, 0.15) is 36.7 Å². The summed E-state index contributed by atoms with van der Waals surface area (Å²) in [7, 11) is 1.90. The third-order valence-corrected chi connectivity index (χ3v) is 4.35. The van der Waals surface area contributed by atoms with Crippen LogP contribution in [0.5, 0.6) is 0 Å².